The maximum atomic E-state index is 12.4. The topological polar surface area (TPSA) is 38.1 Å². The molecular weight excluding hydrogens is 238 g/mol. The number of hydrogen-bond acceptors (Lipinski definition) is 3. The van der Waals surface area contributed by atoms with Gasteiger partial charge in [-0.3, -0.25) is 0 Å². The van der Waals surface area contributed by atoms with Crippen LogP contribution in [0.25, 0.3) is 11.3 Å². The van der Waals surface area contributed by atoms with Gasteiger partial charge in [0.15, 0.2) is 5.89 Å². The Labute approximate surface area is 104 Å². The number of nitrogens with zero attached hydrogens (tertiary/aromatic N) is 1. The molecule has 0 fully saturated rings. The molecule has 1 aromatic carbocycles. The summed E-state index contributed by atoms with van der Waals surface area (Å²) in [5.41, 5.74) is 2.29. The SMILES string of the molecule is Cc1nc(-c2ccc(NC(C)C(F)F)cc2)co1. The van der Waals surface area contributed by atoms with Crippen LogP contribution in [-0.2, 0) is 0 Å². The van der Waals surface area contributed by atoms with Crippen molar-refractivity contribution in [2.75, 3.05) is 5.32 Å². The zero-order valence-electron chi connectivity index (χ0n) is 10.2. The summed E-state index contributed by atoms with van der Waals surface area (Å²) in [6, 6.07) is 6.26. The fourth-order valence-electron chi connectivity index (χ4n) is 1.56. The molecule has 0 aliphatic heterocycles. The van der Waals surface area contributed by atoms with Crippen LogP contribution < -0.4 is 5.32 Å². The maximum Gasteiger partial charge on any atom is 0.258 e. The third-order valence-corrected chi connectivity index (χ3v) is 2.57. The summed E-state index contributed by atoms with van der Waals surface area (Å²) in [5, 5.41) is 2.73. The molecule has 0 aliphatic carbocycles. The van der Waals surface area contributed by atoms with Crippen LogP contribution in [-0.4, -0.2) is 17.5 Å². The molecule has 96 valence electrons. The minimum Gasteiger partial charge on any atom is -0.449 e. The molecule has 1 aromatic heterocycles. The van der Waals surface area contributed by atoms with E-state index in [9.17, 15) is 8.78 Å². The summed E-state index contributed by atoms with van der Waals surface area (Å²) in [4.78, 5) is 4.19. The van der Waals surface area contributed by atoms with E-state index < -0.39 is 12.5 Å². The molecule has 5 heteroatoms. The number of anilines is 1. The first-order valence-electron chi connectivity index (χ1n) is 5.63. The van der Waals surface area contributed by atoms with Gasteiger partial charge in [0.2, 0.25) is 0 Å². The number of aromatic nitrogens is 1. The Kier molecular flexibility index (Phi) is 3.60. The number of benzene rings is 1. The molecule has 0 saturated heterocycles. The molecule has 1 unspecified atom stereocenters. The number of aryl methyl sites for hydroxylation is 1. The van der Waals surface area contributed by atoms with Crippen LogP contribution in [0, 0.1) is 6.92 Å². The molecule has 0 amide bonds. The van der Waals surface area contributed by atoms with E-state index in [0.717, 1.165) is 11.3 Å². The van der Waals surface area contributed by atoms with Crippen LogP contribution in [0.1, 0.15) is 12.8 Å². The highest BCUT2D eigenvalue weighted by Crippen LogP contribution is 2.21. The monoisotopic (exact) mass is 252 g/mol. The van der Waals surface area contributed by atoms with Gasteiger partial charge in [-0.25, -0.2) is 13.8 Å². The Morgan fingerprint density at radius 1 is 1.22 bits per heavy atom. The Morgan fingerprint density at radius 3 is 2.39 bits per heavy atom. The summed E-state index contributed by atoms with van der Waals surface area (Å²) in [6.07, 6.45) is -0.817. The summed E-state index contributed by atoms with van der Waals surface area (Å²) in [5.74, 6) is 0.596. The molecule has 3 nitrogen and oxygen atoms in total. The van der Waals surface area contributed by atoms with E-state index >= 15 is 0 Å². The second kappa shape index (κ2) is 5.16. The van der Waals surface area contributed by atoms with Crippen LogP contribution in [0.2, 0.25) is 0 Å². The third kappa shape index (κ3) is 2.85. The fraction of sp³-hybridized carbons (Fsp3) is 0.308. The van der Waals surface area contributed by atoms with Crippen molar-refractivity contribution in [2.45, 2.75) is 26.3 Å². The van der Waals surface area contributed by atoms with Crippen molar-refractivity contribution < 1.29 is 13.2 Å². The standard InChI is InChI=1S/C13H14F2N2O/c1-8(13(14)15)16-11-5-3-10(4-6-11)12-7-18-9(2)17-12/h3-8,13,16H,1-2H3. The van der Waals surface area contributed by atoms with Gasteiger partial charge in [-0.2, -0.15) is 0 Å². The van der Waals surface area contributed by atoms with E-state index in [4.69, 9.17) is 4.42 Å². The number of nitrogens with one attached hydrogen (secondary N) is 1. The largest absolute Gasteiger partial charge is 0.449 e. The Hall–Kier alpha value is -1.91. The second-order valence-corrected chi connectivity index (χ2v) is 4.10. The van der Waals surface area contributed by atoms with Crippen LogP contribution >= 0.6 is 0 Å². The van der Waals surface area contributed by atoms with Crippen molar-refractivity contribution in [3.8, 4) is 11.3 Å². The van der Waals surface area contributed by atoms with Gasteiger partial charge >= 0.3 is 0 Å². The minimum absolute atomic E-state index is 0.596. The van der Waals surface area contributed by atoms with E-state index in [-0.39, 0.29) is 0 Å². The Balaban J connectivity index is 2.10. The van der Waals surface area contributed by atoms with E-state index in [1.54, 1.807) is 25.3 Å². The number of halogens is 2. The zero-order chi connectivity index (χ0) is 13.1. The predicted molar refractivity (Wildman–Crippen MR) is 65.8 cm³/mol. The van der Waals surface area contributed by atoms with E-state index in [0.29, 0.717) is 11.6 Å². The highest BCUT2D eigenvalue weighted by molar-refractivity contribution is 5.61. The van der Waals surface area contributed by atoms with Crippen molar-refractivity contribution >= 4 is 5.69 Å². The Bertz CT molecular complexity index is 508. The summed E-state index contributed by atoms with van der Waals surface area (Å²) in [7, 11) is 0. The predicted octanol–water partition coefficient (Wildman–Crippen LogP) is 3.72. The zero-order valence-corrected chi connectivity index (χ0v) is 10.2. The van der Waals surface area contributed by atoms with Crippen LogP contribution in [0.15, 0.2) is 34.9 Å². The van der Waals surface area contributed by atoms with Gasteiger partial charge in [0.1, 0.15) is 12.0 Å². The molecule has 0 radical (unpaired) electrons. The van der Waals surface area contributed by atoms with E-state index in [1.807, 2.05) is 12.1 Å². The van der Waals surface area contributed by atoms with Crippen molar-refractivity contribution in [3.05, 3.63) is 36.4 Å². The number of hydrogen-bond donors (Lipinski definition) is 1. The minimum atomic E-state index is -2.39. The first-order valence-corrected chi connectivity index (χ1v) is 5.63. The average Bonchev–Trinajstić information content (AvgIpc) is 2.76. The van der Waals surface area contributed by atoms with Gasteiger partial charge in [-0.05, 0) is 19.1 Å². The number of alkyl halides is 2. The molecule has 0 aliphatic rings. The van der Waals surface area contributed by atoms with Crippen LogP contribution in [0.3, 0.4) is 0 Å². The van der Waals surface area contributed by atoms with Gasteiger partial charge in [-0.15, -0.1) is 0 Å². The lowest BCUT2D eigenvalue weighted by Crippen LogP contribution is -2.23. The molecule has 1 heterocycles. The molecule has 1 N–H and O–H groups in total. The molecule has 0 bridgehead atoms. The third-order valence-electron chi connectivity index (χ3n) is 2.57. The molecule has 1 atom stereocenters. The Morgan fingerprint density at radius 2 is 1.89 bits per heavy atom. The quantitative estimate of drug-likeness (QED) is 0.901. The normalized spacial score (nSPS) is 12.7. The van der Waals surface area contributed by atoms with Crippen molar-refractivity contribution in [1.29, 1.82) is 0 Å². The molecule has 2 aromatic rings. The highest BCUT2D eigenvalue weighted by Gasteiger charge is 2.13. The second-order valence-electron chi connectivity index (χ2n) is 4.10. The summed E-state index contributed by atoms with van der Waals surface area (Å²) >= 11 is 0. The molecule has 2 rings (SSSR count). The lowest BCUT2D eigenvalue weighted by atomic mass is 10.1. The van der Waals surface area contributed by atoms with Crippen molar-refractivity contribution in [3.63, 3.8) is 0 Å². The van der Waals surface area contributed by atoms with E-state index in [2.05, 4.69) is 10.3 Å². The summed E-state index contributed by atoms with van der Waals surface area (Å²) in [6.45, 7) is 3.21. The van der Waals surface area contributed by atoms with Gasteiger partial charge < -0.3 is 9.73 Å². The van der Waals surface area contributed by atoms with Gasteiger partial charge in [-0.1, -0.05) is 12.1 Å². The molecule has 0 saturated carbocycles. The van der Waals surface area contributed by atoms with Crippen LogP contribution in [0.5, 0.6) is 0 Å². The van der Waals surface area contributed by atoms with Crippen LogP contribution in [0.4, 0.5) is 14.5 Å². The van der Waals surface area contributed by atoms with Gasteiger partial charge in [0.25, 0.3) is 6.43 Å². The van der Waals surface area contributed by atoms with Gasteiger partial charge in [0.05, 0.1) is 6.04 Å². The maximum absolute atomic E-state index is 12.4. The molecular formula is C13H14F2N2O. The number of oxazole rings is 1. The van der Waals surface area contributed by atoms with Crippen molar-refractivity contribution in [1.82, 2.24) is 4.98 Å². The summed E-state index contributed by atoms with van der Waals surface area (Å²) < 4.78 is 29.9. The van der Waals surface area contributed by atoms with Gasteiger partial charge in [0, 0.05) is 18.2 Å². The first kappa shape index (κ1) is 12.5. The lowest BCUT2D eigenvalue weighted by Gasteiger charge is -2.14. The first-order chi connectivity index (χ1) is 8.56. The molecule has 0 spiro atoms. The number of rotatable bonds is 4. The lowest BCUT2D eigenvalue weighted by molar-refractivity contribution is 0.131. The fourth-order valence-corrected chi connectivity index (χ4v) is 1.56. The smallest absolute Gasteiger partial charge is 0.258 e. The average molecular weight is 252 g/mol. The van der Waals surface area contributed by atoms with E-state index in [1.165, 1.54) is 6.92 Å². The van der Waals surface area contributed by atoms with Crippen molar-refractivity contribution in [2.24, 2.45) is 0 Å². The molecule has 18 heavy (non-hydrogen) atoms. The highest BCUT2D eigenvalue weighted by atomic mass is 19.3.